The summed E-state index contributed by atoms with van der Waals surface area (Å²) in [5.74, 6) is -1.52. The van der Waals surface area contributed by atoms with Gasteiger partial charge in [-0.25, -0.2) is 9.59 Å². The Morgan fingerprint density at radius 2 is 1.12 bits per heavy atom. The highest BCUT2D eigenvalue weighted by Crippen LogP contribution is 2.59. The molecule has 2 atom stereocenters. The number of hydrogen-bond donors (Lipinski definition) is 0. The quantitative estimate of drug-likeness (QED) is 0.245. The van der Waals surface area contributed by atoms with Crippen molar-refractivity contribution in [2.75, 3.05) is 26.4 Å². The maximum Gasteiger partial charge on any atom is 0.344 e. The molecule has 1 aliphatic rings. The van der Waals surface area contributed by atoms with Crippen LogP contribution in [0.15, 0.2) is 36.4 Å². The Hall–Kier alpha value is -1.28. The van der Waals surface area contributed by atoms with E-state index in [4.69, 9.17) is 88.6 Å². The standard InChI is InChI=1S/C21H16Cl6O6/c22-11-1-3-17(15(24)5-11)30-9-19(28)32-7-13-14(21(13,26)27)8-33-20(29)10-31-18-4-2-12(23)6-16(18)25/h1-6,13-14H,7-10H2/t13-,14-/m1/s1. The molecule has 0 aliphatic heterocycles. The summed E-state index contributed by atoms with van der Waals surface area (Å²) < 4.78 is 19.7. The normalized spacial score (nSPS) is 18.4. The Kier molecular flexibility index (Phi) is 9.12. The summed E-state index contributed by atoms with van der Waals surface area (Å²) in [5, 5.41) is 1.41. The molecule has 178 valence electrons. The number of alkyl halides is 2. The second-order valence-corrected chi connectivity index (χ2v) is 10.1. The molecular weight excluding hydrogens is 561 g/mol. The number of hydrogen-bond acceptors (Lipinski definition) is 6. The fourth-order valence-electron chi connectivity index (χ4n) is 2.82. The maximum absolute atomic E-state index is 12.0. The molecule has 0 radical (unpaired) electrons. The van der Waals surface area contributed by atoms with Crippen molar-refractivity contribution in [3.05, 3.63) is 56.5 Å². The van der Waals surface area contributed by atoms with Crippen LogP contribution < -0.4 is 9.47 Å². The van der Waals surface area contributed by atoms with Crippen molar-refractivity contribution < 1.29 is 28.5 Å². The van der Waals surface area contributed by atoms with E-state index < -0.39 is 28.1 Å². The number of carbonyl (C=O) groups is 2. The first-order chi connectivity index (χ1) is 15.6. The summed E-state index contributed by atoms with van der Waals surface area (Å²) in [6, 6.07) is 9.21. The molecule has 6 nitrogen and oxygen atoms in total. The van der Waals surface area contributed by atoms with Gasteiger partial charge in [0.2, 0.25) is 0 Å². The summed E-state index contributed by atoms with van der Waals surface area (Å²) in [7, 11) is 0. The van der Waals surface area contributed by atoms with E-state index in [2.05, 4.69) is 0 Å². The van der Waals surface area contributed by atoms with E-state index in [1.165, 1.54) is 24.3 Å². The SMILES string of the molecule is O=C(COc1ccc(Cl)cc1Cl)OC[C@@H]1[C@@H](COC(=O)COc2ccc(Cl)cc2Cl)C1(Cl)Cl. The van der Waals surface area contributed by atoms with Gasteiger partial charge in [-0.15, -0.1) is 23.2 Å². The number of halogens is 6. The second-order valence-electron chi connectivity index (χ2n) is 6.98. The van der Waals surface area contributed by atoms with Crippen molar-refractivity contribution in [3.63, 3.8) is 0 Å². The molecule has 33 heavy (non-hydrogen) atoms. The third-order valence-electron chi connectivity index (χ3n) is 4.69. The zero-order valence-electron chi connectivity index (χ0n) is 16.7. The largest absolute Gasteiger partial charge is 0.480 e. The van der Waals surface area contributed by atoms with Gasteiger partial charge in [-0.2, -0.15) is 0 Å². The van der Waals surface area contributed by atoms with Crippen LogP contribution >= 0.6 is 69.6 Å². The molecular formula is C21H16Cl6O6. The number of carbonyl (C=O) groups excluding carboxylic acids is 2. The third-order valence-corrected chi connectivity index (χ3v) is 6.87. The molecule has 1 saturated carbocycles. The van der Waals surface area contributed by atoms with E-state index in [1.54, 1.807) is 12.1 Å². The van der Waals surface area contributed by atoms with E-state index in [0.717, 1.165) is 0 Å². The predicted molar refractivity (Wildman–Crippen MR) is 127 cm³/mol. The highest BCUT2D eigenvalue weighted by molar-refractivity contribution is 6.51. The van der Waals surface area contributed by atoms with Gasteiger partial charge < -0.3 is 18.9 Å². The first kappa shape index (κ1) is 26.3. The van der Waals surface area contributed by atoms with Crippen LogP contribution in [0.1, 0.15) is 0 Å². The highest BCUT2D eigenvalue weighted by Gasteiger charge is 2.64. The van der Waals surface area contributed by atoms with Gasteiger partial charge in [0, 0.05) is 21.9 Å². The van der Waals surface area contributed by atoms with E-state index in [-0.39, 0.29) is 36.5 Å². The molecule has 2 aromatic carbocycles. The molecule has 1 aliphatic carbocycles. The molecule has 0 bridgehead atoms. The summed E-state index contributed by atoms with van der Waals surface area (Å²) in [4.78, 5) is 23.9. The van der Waals surface area contributed by atoms with Crippen molar-refractivity contribution in [1.82, 2.24) is 0 Å². The molecule has 0 spiro atoms. The summed E-state index contributed by atoms with van der Waals surface area (Å²) >= 11 is 36.0. The summed E-state index contributed by atoms with van der Waals surface area (Å²) in [6.45, 7) is -0.864. The minimum atomic E-state index is -1.19. The Labute approximate surface area is 219 Å². The molecule has 0 heterocycles. The zero-order chi connectivity index (χ0) is 24.2. The van der Waals surface area contributed by atoms with Gasteiger partial charge >= 0.3 is 11.9 Å². The number of esters is 2. The lowest BCUT2D eigenvalue weighted by Crippen LogP contribution is -2.18. The van der Waals surface area contributed by atoms with E-state index in [9.17, 15) is 9.59 Å². The molecule has 12 heteroatoms. The van der Waals surface area contributed by atoms with Crippen molar-refractivity contribution in [2.24, 2.45) is 11.8 Å². The van der Waals surface area contributed by atoms with Crippen molar-refractivity contribution in [2.45, 2.75) is 4.33 Å². The predicted octanol–water partition coefficient (Wildman–Crippen LogP) is 6.26. The van der Waals surface area contributed by atoms with Gasteiger partial charge in [0.25, 0.3) is 0 Å². The van der Waals surface area contributed by atoms with Gasteiger partial charge in [0.15, 0.2) is 13.2 Å². The number of benzene rings is 2. The lowest BCUT2D eigenvalue weighted by atomic mass is 10.3. The molecule has 0 aromatic heterocycles. The zero-order valence-corrected chi connectivity index (χ0v) is 21.2. The summed E-state index contributed by atoms with van der Waals surface area (Å²) in [5.41, 5.74) is 0. The molecule has 0 saturated heterocycles. The highest BCUT2D eigenvalue weighted by atomic mass is 35.5. The molecule has 1 fully saturated rings. The minimum absolute atomic E-state index is 0.0668. The van der Waals surface area contributed by atoms with Gasteiger partial charge in [-0.3, -0.25) is 0 Å². The lowest BCUT2D eigenvalue weighted by molar-refractivity contribution is -0.148. The van der Waals surface area contributed by atoms with Crippen LogP contribution in [0.3, 0.4) is 0 Å². The van der Waals surface area contributed by atoms with E-state index in [0.29, 0.717) is 21.5 Å². The molecule has 0 amide bonds. The molecule has 2 aromatic rings. The van der Waals surface area contributed by atoms with Crippen LogP contribution in [0.5, 0.6) is 11.5 Å². The molecule has 3 rings (SSSR count). The lowest BCUT2D eigenvalue weighted by Gasteiger charge is -2.09. The molecule has 0 unspecified atom stereocenters. The van der Waals surface area contributed by atoms with Gasteiger partial charge in [-0.1, -0.05) is 46.4 Å². The summed E-state index contributed by atoms with van der Waals surface area (Å²) in [6.07, 6.45) is 0. The molecule has 0 N–H and O–H groups in total. The average molecular weight is 577 g/mol. The minimum Gasteiger partial charge on any atom is -0.480 e. The Balaban J connectivity index is 1.37. The van der Waals surface area contributed by atoms with Gasteiger partial charge in [0.1, 0.15) is 15.8 Å². The Morgan fingerprint density at radius 3 is 1.48 bits per heavy atom. The number of rotatable bonds is 10. The van der Waals surface area contributed by atoms with Crippen LogP contribution in [0.25, 0.3) is 0 Å². The Morgan fingerprint density at radius 1 is 0.727 bits per heavy atom. The van der Waals surface area contributed by atoms with Gasteiger partial charge in [-0.05, 0) is 36.4 Å². The van der Waals surface area contributed by atoms with E-state index in [1.807, 2.05) is 0 Å². The maximum atomic E-state index is 12.0. The fraction of sp³-hybridized carbons (Fsp3) is 0.333. The van der Waals surface area contributed by atoms with Gasteiger partial charge in [0.05, 0.1) is 23.3 Å². The third kappa shape index (κ3) is 7.35. The van der Waals surface area contributed by atoms with Crippen LogP contribution in [0, 0.1) is 11.8 Å². The topological polar surface area (TPSA) is 71.1 Å². The first-order valence-electron chi connectivity index (χ1n) is 9.42. The monoisotopic (exact) mass is 574 g/mol. The van der Waals surface area contributed by atoms with Crippen LogP contribution in [0.4, 0.5) is 0 Å². The first-order valence-corrected chi connectivity index (χ1v) is 11.7. The smallest absolute Gasteiger partial charge is 0.344 e. The number of ether oxygens (including phenoxy) is 4. The van der Waals surface area contributed by atoms with E-state index >= 15 is 0 Å². The van der Waals surface area contributed by atoms with Crippen molar-refractivity contribution in [3.8, 4) is 11.5 Å². The fourth-order valence-corrected chi connectivity index (χ4v) is 4.48. The second kappa shape index (κ2) is 11.4. The van der Waals surface area contributed by atoms with Crippen LogP contribution in [0.2, 0.25) is 20.1 Å². The van der Waals surface area contributed by atoms with Crippen LogP contribution in [-0.2, 0) is 19.1 Å². The average Bonchev–Trinajstić information content (AvgIpc) is 3.28. The van der Waals surface area contributed by atoms with Crippen molar-refractivity contribution in [1.29, 1.82) is 0 Å². The Bertz CT molecular complexity index is 951. The van der Waals surface area contributed by atoms with Crippen molar-refractivity contribution >= 4 is 81.5 Å². The van der Waals surface area contributed by atoms with Crippen LogP contribution in [-0.4, -0.2) is 42.7 Å².